The Labute approximate surface area is 154 Å². The van der Waals surface area contributed by atoms with Gasteiger partial charge in [0.05, 0.1) is 17.2 Å². The summed E-state index contributed by atoms with van der Waals surface area (Å²) < 4.78 is 6.52. The molecule has 1 saturated heterocycles. The number of fused-ring (bicyclic) bond motifs is 1. The zero-order chi connectivity index (χ0) is 18.8. The third-order valence-corrected chi connectivity index (χ3v) is 4.48. The molecule has 4 rings (SSSR count). The minimum atomic E-state index is -0.570. The highest BCUT2D eigenvalue weighted by atomic mass is 16.5. The SMILES string of the molecule is O=C(Cn1cnc2ccccc2c1=O)Oc1ccc(N2CCCC2=O)cc1. The number of carbonyl (C=O) groups is 2. The molecule has 27 heavy (non-hydrogen) atoms. The van der Waals surface area contributed by atoms with Crippen molar-refractivity contribution in [3.05, 3.63) is 65.2 Å². The summed E-state index contributed by atoms with van der Waals surface area (Å²) >= 11 is 0. The molecule has 0 unspecified atom stereocenters. The number of amides is 1. The minimum absolute atomic E-state index is 0.0999. The smallest absolute Gasteiger partial charge is 0.331 e. The lowest BCUT2D eigenvalue weighted by Gasteiger charge is -2.15. The van der Waals surface area contributed by atoms with Crippen LogP contribution in [-0.2, 0) is 16.1 Å². The van der Waals surface area contributed by atoms with Gasteiger partial charge in [-0.15, -0.1) is 0 Å². The maximum atomic E-state index is 12.4. The van der Waals surface area contributed by atoms with Crippen molar-refractivity contribution < 1.29 is 14.3 Å². The number of esters is 1. The molecule has 0 atom stereocenters. The van der Waals surface area contributed by atoms with Crippen LogP contribution in [0, 0.1) is 0 Å². The number of anilines is 1. The van der Waals surface area contributed by atoms with Crippen molar-refractivity contribution in [1.29, 1.82) is 0 Å². The fraction of sp³-hybridized carbons (Fsp3) is 0.200. The normalized spacial score (nSPS) is 13.9. The van der Waals surface area contributed by atoms with Gasteiger partial charge in [0.2, 0.25) is 5.91 Å². The number of benzene rings is 2. The molecule has 2 aromatic carbocycles. The fourth-order valence-corrected chi connectivity index (χ4v) is 3.14. The Morgan fingerprint density at radius 2 is 1.85 bits per heavy atom. The van der Waals surface area contributed by atoms with Crippen LogP contribution in [0.2, 0.25) is 0 Å². The summed E-state index contributed by atoms with van der Waals surface area (Å²) in [5.41, 5.74) is 1.08. The molecule has 1 amide bonds. The van der Waals surface area contributed by atoms with Crippen LogP contribution < -0.4 is 15.2 Å². The zero-order valence-electron chi connectivity index (χ0n) is 14.5. The van der Waals surface area contributed by atoms with E-state index in [1.54, 1.807) is 53.4 Å². The van der Waals surface area contributed by atoms with Gasteiger partial charge in [-0.3, -0.25) is 14.2 Å². The van der Waals surface area contributed by atoms with Crippen LogP contribution in [0.4, 0.5) is 5.69 Å². The van der Waals surface area contributed by atoms with Crippen molar-refractivity contribution in [1.82, 2.24) is 9.55 Å². The van der Waals surface area contributed by atoms with Gasteiger partial charge < -0.3 is 9.64 Å². The Hall–Kier alpha value is -3.48. The molecule has 0 radical (unpaired) electrons. The first-order chi connectivity index (χ1) is 13.1. The van der Waals surface area contributed by atoms with Crippen LogP contribution in [0.15, 0.2) is 59.7 Å². The molecule has 2 heterocycles. The maximum Gasteiger partial charge on any atom is 0.331 e. The predicted octanol–water partition coefficient (Wildman–Crippen LogP) is 2.13. The minimum Gasteiger partial charge on any atom is -0.425 e. The summed E-state index contributed by atoms with van der Waals surface area (Å²) in [4.78, 5) is 42.3. The third kappa shape index (κ3) is 3.44. The predicted molar refractivity (Wildman–Crippen MR) is 99.7 cm³/mol. The van der Waals surface area contributed by atoms with Crippen LogP contribution >= 0.6 is 0 Å². The van der Waals surface area contributed by atoms with E-state index in [9.17, 15) is 14.4 Å². The highest BCUT2D eigenvalue weighted by molar-refractivity contribution is 5.95. The molecule has 0 bridgehead atoms. The first-order valence-electron chi connectivity index (χ1n) is 8.67. The number of hydrogen-bond donors (Lipinski definition) is 0. The van der Waals surface area contributed by atoms with Gasteiger partial charge in [-0.05, 0) is 42.8 Å². The van der Waals surface area contributed by atoms with E-state index in [2.05, 4.69) is 4.98 Å². The van der Waals surface area contributed by atoms with E-state index < -0.39 is 5.97 Å². The van der Waals surface area contributed by atoms with Gasteiger partial charge in [-0.2, -0.15) is 0 Å². The van der Waals surface area contributed by atoms with Crippen molar-refractivity contribution in [2.75, 3.05) is 11.4 Å². The average Bonchev–Trinajstić information content (AvgIpc) is 3.11. The molecule has 0 spiro atoms. The Balaban J connectivity index is 1.46. The van der Waals surface area contributed by atoms with Crippen LogP contribution in [0.25, 0.3) is 10.9 Å². The van der Waals surface area contributed by atoms with E-state index in [0.717, 1.165) is 12.1 Å². The average molecular weight is 363 g/mol. The molecule has 1 aliphatic rings. The molecule has 1 aliphatic heterocycles. The van der Waals surface area contributed by atoms with E-state index in [4.69, 9.17) is 4.74 Å². The topological polar surface area (TPSA) is 81.5 Å². The van der Waals surface area contributed by atoms with Crippen LogP contribution in [-0.4, -0.2) is 28.0 Å². The van der Waals surface area contributed by atoms with Crippen molar-refractivity contribution >= 4 is 28.5 Å². The summed E-state index contributed by atoms with van der Waals surface area (Å²) in [5, 5.41) is 0.451. The number of rotatable bonds is 4. The Kier molecular flexibility index (Phi) is 4.42. The second-order valence-corrected chi connectivity index (χ2v) is 6.31. The Morgan fingerprint density at radius 3 is 2.59 bits per heavy atom. The summed E-state index contributed by atoms with van der Waals surface area (Å²) in [6.07, 6.45) is 2.75. The fourth-order valence-electron chi connectivity index (χ4n) is 3.14. The molecule has 0 N–H and O–H groups in total. The highest BCUT2D eigenvalue weighted by Gasteiger charge is 2.21. The van der Waals surface area contributed by atoms with E-state index >= 15 is 0 Å². The van der Waals surface area contributed by atoms with Crippen LogP contribution in [0.5, 0.6) is 5.75 Å². The number of hydrogen-bond acceptors (Lipinski definition) is 5. The molecule has 0 saturated carbocycles. The lowest BCUT2D eigenvalue weighted by atomic mass is 10.2. The van der Waals surface area contributed by atoms with Gasteiger partial charge in [0, 0.05) is 18.7 Å². The Bertz CT molecular complexity index is 1070. The molecule has 136 valence electrons. The van der Waals surface area contributed by atoms with Gasteiger partial charge in [-0.1, -0.05) is 12.1 Å². The van der Waals surface area contributed by atoms with Crippen molar-refractivity contribution in [2.24, 2.45) is 0 Å². The maximum absolute atomic E-state index is 12.4. The quantitative estimate of drug-likeness (QED) is 0.524. The monoisotopic (exact) mass is 363 g/mol. The highest BCUT2D eigenvalue weighted by Crippen LogP contribution is 2.24. The molecule has 7 heteroatoms. The van der Waals surface area contributed by atoms with Gasteiger partial charge in [0.15, 0.2) is 0 Å². The second-order valence-electron chi connectivity index (χ2n) is 6.31. The first kappa shape index (κ1) is 17.0. The van der Waals surface area contributed by atoms with Gasteiger partial charge in [-0.25, -0.2) is 9.78 Å². The molecule has 7 nitrogen and oxygen atoms in total. The van der Waals surface area contributed by atoms with Crippen molar-refractivity contribution in [3.8, 4) is 5.75 Å². The van der Waals surface area contributed by atoms with E-state index in [1.807, 2.05) is 0 Å². The Morgan fingerprint density at radius 1 is 1.07 bits per heavy atom. The third-order valence-electron chi connectivity index (χ3n) is 4.48. The summed E-state index contributed by atoms with van der Waals surface area (Å²) in [5.74, 6) is -0.112. The van der Waals surface area contributed by atoms with Crippen LogP contribution in [0.1, 0.15) is 12.8 Å². The molecule has 1 fully saturated rings. The van der Waals surface area contributed by atoms with E-state index in [0.29, 0.717) is 29.6 Å². The summed E-state index contributed by atoms with van der Waals surface area (Å²) in [6, 6.07) is 13.7. The van der Waals surface area contributed by atoms with Gasteiger partial charge in [0.1, 0.15) is 12.3 Å². The molecule has 0 aliphatic carbocycles. The summed E-state index contributed by atoms with van der Waals surface area (Å²) in [7, 11) is 0. The standard InChI is InChI=1S/C20H17N3O4/c24-18-6-3-11-23(18)14-7-9-15(10-8-14)27-19(25)12-22-13-21-17-5-2-1-4-16(17)20(22)26/h1-2,4-5,7-10,13H,3,6,11-12H2. The number of ether oxygens (including phenoxy) is 1. The lowest BCUT2D eigenvalue weighted by molar-refractivity contribution is -0.135. The molecule has 1 aromatic heterocycles. The van der Waals surface area contributed by atoms with Crippen molar-refractivity contribution in [3.63, 3.8) is 0 Å². The van der Waals surface area contributed by atoms with E-state index in [1.165, 1.54) is 10.9 Å². The largest absolute Gasteiger partial charge is 0.425 e. The first-order valence-corrected chi connectivity index (χ1v) is 8.67. The number of nitrogens with zero attached hydrogens (tertiary/aromatic N) is 3. The number of para-hydroxylation sites is 1. The van der Waals surface area contributed by atoms with Gasteiger partial charge >= 0.3 is 5.97 Å². The number of carbonyl (C=O) groups excluding carboxylic acids is 2. The molecular formula is C20H17N3O4. The van der Waals surface area contributed by atoms with Crippen molar-refractivity contribution in [2.45, 2.75) is 19.4 Å². The summed E-state index contributed by atoms with van der Waals surface area (Å²) in [6.45, 7) is 0.471. The number of aromatic nitrogens is 2. The molecular weight excluding hydrogens is 346 g/mol. The zero-order valence-corrected chi connectivity index (χ0v) is 14.5. The lowest BCUT2D eigenvalue weighted by Crippen LogP contribution is -2.27. The molecule has 3 aromatic rings. The van der Waals surface area contributed by atoms with E-state index in [-0.39, 0.29) is 18.0 Å². The van der Waals surface area contributed by atoms with Gasteiger partial charge in [0.25, 0.3) is 5.56 Å². The second kappa shape index (κ2) is 7.03. The van der Waals surface area contributed by atoms with Crippen LogP contribution in [0.3, 0.4) is 0 Å².